The van der Waals surface area contributed by atoms with Crippen molar-refractivity contribution in [1.82, 2.24) is 0 Å². The van der Waals surface area contributed by atoms with Gasteiger partial charge in [-0.25, -0.2) is 0 Å². The molecule has 2 nitrogen and oxygen atoms in total. The van der Waals surface area contributed by atoms with Gasteiger partial charge >= 0.3 is 0 Å². The van der Waals surface area contributed by atoms with Crippen LogP contribution in [0.5, 0.6) is 11.5 Å². The van der Waals surface area contributed by atoms with Gasteiger partial charge in [0, 0.05) is 12.0 Å². The summed E-state index contributed by atoms with van der Waals surface area (Å²) in [5.74, 6) is 0.312. The third kappa shape index (κ3) is 2.29. The topological polar surface area (TPSA) is 40.5 Å². The molecule has 0 aromatic heterocycles. The Morgan fingerprint density at radius 3 is 2.33 bits per heavy atom. The highest BCUT2D eigenvalue weighted by Crippen LogP contribution is 2.25. The number of hydrogen-bond acceptors (Lipinski definition) is 2. The molecule has 0 amide bonds. The monoisotopic (exact) mass is 199 g/mol. The van der Waals surface area contributed by atoms with Crippen LogP contribution < -0.4 is 0 Å². The SMILES string of the molecule is Oc1ccc(O)c([CH]c2ccccc2)c1. The molecule has 0 saturated carbocycles. The van der Waals surface area contributed by atoms with E-state index < -0.39 is 0 Å². The Bertz CT molecular complexity index is 449. The molecule has 2 N–H and O–H groups in total. The molecule has 0 heterocycles. The third-order valence-corrected chi connectivity index (χ3v) is 2.13. The van der Waals surface area contributed by atoms with Gasteiger partial charge in [0.1, 0.15) is 11.5 Å². The maximum Gasteiger partial charge on any atom is 0.119 e. The lowest BCUT2D eigenvalue weighted by molar-refractivity contribution is 0.457. The first-order valence-electron chi connectivity index (χ1n) is 4.67. The predicted octanol–water partition coefficient (Wildman–Crippen LogP) is 2.70. The van der Waals surface area contributed by atoms with Crippen LogP contribution in [0, 0.1) is 6.42 Å². The molecule has 0 spiro atoms. The molecule has 0 aliphatic heterocycles. The highest BCUT2D eigenvalue weighted by Gasteiger charge is 2.03. The molecule has 2 rings (SSSR count). The van der Waals surface area contributed by atoms with E-state index >= 15 is 0 Å². The lowest BCUT2D eigenvalue weighted by atomic mass is 10.0. The van der Waals surface area contributed by atoms with Crippen molar-refractivity contribution in [2.24, 2.45) is 0 Å². The quantitative estimate of drug-likeness (QED) is 0.730. The molecule has 0 fully saturated rings. The fourth-order valence-corrected chi connectivity index (χ4v) is 1.39. The Balaban J connectivity index is 2.28. The number of benzene rings is 2. The van der Waals surface area contributed by atoms with Crippen molar-refractivity contribution < 1.29 is 10.2 Å². The van der Waals surface area contributed by atoms with Gasteiger partial charge in [-0.3, -0.25) is 0 Å². The van der Waals surface area contributed by atoms with E-state index in [0.29, 0.717) is 5.56 Å². The molecule has 2 aromatic carbocycles. The van der Waals surface area contributed by atoms with Gasteiger partial charge in [0.05, 0.1) is 0 Å². The highest BCUT2D eigenvalue weighted by molar-refractivity contribution is 5.48. The maximum absolute atomic E-state index is 9.55. The van der Waals surface area contributed by atoms with Crippen molar-refractivity contribution >= 4 is 0 Å². The molecule has 0 bridgehead atoms. The van der Waals surface area contributed by atoms with Crippen molar-refractivity contribution in [2.45, 2.75) is 0 Å². The summed E-state index contributed by atoms with van der Waals surface area (Å²) in [6, 6.07) is 14.1. The second-order valence-electron chi connectivity index (χ2n) is 3.30. The summed E-state index contributed by atoms with van der Waals surface area (Å²) in [6.45, 7) is 0. The van der Waals surface area contributed by atoms with Crippen LogP contribution in [0.2, 0.25) is 0 Å². The smallest absolute Gasteiger partial charge is 0.119 e. The zero-order chi connectivity index (χ0) is 10.7. The first-order valence-corrected chi connectivity index (χ1v) is 4.67. The predicted molar refractivity (Wildman–Crippen MR) is 58.7 cm³/mol. The summed E-state index contributed by atoms with van der Waals surface area (Å²) in [6.07, 6.45) is 1.81. The third-order valence-electron chi connectivity index (χ3n) is 2.13. The van der Waals surface area contributed by atoms with Gasteiger partial charge in [-0.1, -0.05) is 30.3 Å². The fourth-order valence-electron chi connectivity index (χ4n) is 1.39. The van der Waals surface area contributed by atoms with Crippen molar-refractivity contribution in [1.29, 1.82) is 0 Å². The van der Waals surface area contributed by atoms with E-state index in [0.717, 1.165) is 5.56 Å². The molecule has 2 heteroatoms. The van der Waals surface area contributed by atoms with Crippen LogP contribution in [0.1, 0.15) is 11.1 Å². The van der Waals surface area contributed by atoms with Gasteiger partial charge in [-0.15, -0.1) is 0 Å². The van der Waals surface area contributed by atoms with Crippen LogP contribution in [0.4, 0.5) is 0 Å². The Morgan fingerprint density at radius 2 is 1.60 bits per heavy atom. The van der Waals surface area contributed by atoms with E-state index in [4.69, 9.17) is 0 Å². The number of phenolic OH excluding ortho intramolecular Hbond substituents is 2. The normalized spacial score (nSPS) is 10.1. The summed E-state index contributed by atoms with van der Waals surface area (Å²) < 4.78 is 0. The van der Waals surface area contributed by atoms with Crippen LogP contribution in [0.3, 0.4) is 0 Å². The summed E-state index contributed by atoms with van der Waals surface area (Å²) in [5.41, 5.74) is 1.60. The molecule has 75 valence electrons. The number of rotatable bonds is 2. The molecule has 2 aromatic rings. The average Bonchev–Trinajstić information content (AvgIpc) is 2.25. The molecule has 1 radical (unpaired) electrons. The van der Waals surface area contributed by atoms with Crippen LogP contribution >= 0.6 is 0 Å². The van der Waals surface area contributed by atoms with E-state index in [9.17, 15) is 10.2 Å². The minimum Gasteiger partial charge on any atom is -0.508 e. The number of phenols is 2. The molecule has 0 unspecified atom stereocenters. The summed E-state index contributed by atoms with van der Waals surface area (Å²) in [4.78, 5) is 0. The van der Waals surface area contributed by atoms with Crippen molar-refractivity contribution in [3.63, 3.8) is 0 Å². The molecule has 0 atom stereocenters. The molecule has 0 saturated heterocycles. The summed E-state index contributed by atoms with van der Waals surface area (Å²) >= 11 is 0. The Hall–Kier alpha value is -1.96. The van der Waals surface area contributed by atoms with E-state index in [2.05, 4.69) is 0 Å². The second-order valence-corrected chi connectivity index (χ2v) is 3.30. The van der Waals surface area contributed by atoms with Gasteiger partial charge in [0.2, 0.25) is 0 Å². The Kier molecular flexibility index (Phi) is 2.59. The number of aromatic hydroxyl groups is 2. The average molecular weight is 199 g/mol. The molecular formula is C13H11O2. The number of hydrogen-bond donors (Lipinski definition) is 2. The minimum absolute atomic E-state index is 0.148. The van der Waals surface area contributed by atoms with E-state index in [1.807, 2.05) is 36.8 Å². The second kappa shape index (κ2) is 4.05. The molecular weight excluding hydrogens is 188 g/mol. The molecule has 0 aliphatic carbocycles. The van der Waals surface area contributed by atoms with E-state index in [-0.39, 0.29) is 11.5 Å². The summed E-state index contributed by atoms with van der Waals surface area (Å²) in [5, 5.41) is 18.8. The minimum atomic E-state index is 0.148. The van der Waals surface area contributed by atoms with Crippen molar-refractivity contribution in [3.8, 4) is 11.5 Å². The van der Waals surface area contributed by atoms with Crippen molar-refractivity contribution in [3.05, 3.63) is 66.1 Å². The zero-order valence-corrected chi connectivity index (χ0v) is 8.09. The van der Waals surface area contributed by atoms with Gasteiger partial charge < -0.3 is 10.2 Å². The largest absolute Gasteiger partial charge is 0.508 e. The Labute approximate surface area is 88.4 Å². The zero-order valence-electron chi connectivity index (χ0n) is 8.09. The van der Waals surface area contributed by atoms with E-state index in [1.165, 1.54) is 18.2 Å². The van der Waals surface area contributed by atoms with Gasteiger partial charge in [0.15, 0.2) is 0 Å². The van der Waals surface area contributed by atoms with E-state index in [1.54, 1.807) is 0 Å². The lowest BCUT2D eigenvalue weighted by Crippen LogP contribution is -1.85. The Morgan fingerprint density at radius 1 is 0.867 bits per heavy atom. The molecule has 15 heavy (non-hydrogen) atoms. The standard InChI is InChI=1S/C13H11O2/c14-12-6-7-13(15)11(9-12)8-10-4-2-1-3-5-10/h1-9,14-15H. The lowest BCUT2D eigenvalue weighted by Gasteiger charge is -2.04. The first-order chi connectivity index (χ1) is 7.25. The fraction of sp³-hybridized carbons (Fsp3) is 0. The first kappa shape index (κ1) is 9.59. The van der Waals surface area contributed by atoms with Crippen LogP contribution in [-0.4, -0.2) is 10.2 Å². The van der Waals surface area contributed by atoms with Gasteiger partial charge in [-0.05, 0) is 23.8 Å². The van der Waals surface area contributed by atoms with Crippen LogP contribution in [0.25, 0.3) is 0 Å². The van der Waals surface area contributed by atoms with Crippen LogP contribution in [-0.2, 0) is 0 Å². The highest BCUT2D eigenvalue weighted by atomic mass is 16.3. The molecule has 0 aliphatic rings. The maximum atomic E-state index is 9.55. The summed E-state index contributed by atoms with van der Waals surface area (Å²) in [7, 11) is 0. The van der Waals surface area contributed by atoms with Gasteiger partial charge in [-0.2, -0.15) is 0 Å². The van der Waals surface area contributed by atoms with Crippen LogP contribution in [0.15, 0.2) is 48.5 Å². The van der Waals surface area contributed by atoms with Gasteiger partial charge in [0.25, 0.3) is 0 Å². The van der Waals surface area contributed by atoms with Crippen molar-refractivity contribution in [2.75, 3.05) is 0 Å².